The molecular weight excluding hydrogens is 342 g/mol. The molecule has 2 N–H and O–H groups in total. The van der Waals surface area contributed by atoms with Crippen LogP contribution in [-0.4, -0.2) is 16.5 Å². The van der Waals surface area contributed by atoms with Gasteiger partial charge in [0, 0.05) is 21.3 Å². The highest BCUT2D eigenvalue weighted by atomic mass is 79.9. The van der Waals surface area contributed by atoms with Gasteiger partial charge in [0.2, 0.25) is 0 Å². The summed E-state index contributed by atoms with van der Waals surface area (Å²) in [6, 6.07) is 9.23. The minimum absolute atomic E-state index is 0.557. The summed E-state index contributed by atoms with van der Waals surface area (Å²) in [5.74, 6) is 1.23. The van der Waals surface area contributed by atoms with Crippen LogP contribution in [-0.2, 0) is 0 Å². The molecule has 102 valence electrons. The molecule has 0 saturated carbocycles. The van der Waals surface area contributed by atoms with Gasteiger partial charge < -0.3 is 10.5 Å². The fraction of sp³-hybridized carbons (Fsp3) is 0.0714. The molecule has 3 aromatic rings. The van der Waals surface area contributed by atoms with Crippen molar-refractivity contribution >= 4 is 39.0 Å². The predicted octanol–water partition coefficient (Wildman–Crippen LogP) is 4.01. The van der Waals surface area contributed by atoms with Crippen molar-refractivity contribution in [1.82, 2.24) is 9.38 Å². The Morgan fingerprint density at radius 3 is 2.85 bits per heavy atom. The number of hydrogen-bond donors (Lipinski definition) is 1. The number of nitrogen functional groups attached to an aromatic ring is 1. The minimum atomic E-state index is 0.557. The highest BCUT2D eigenvalue weighted by molar-refractivity contribution is 9.10. The smallest absolute Gasteiger partial charge is 0.181 e. The molecule has 2 aromatic heterocycles. The van der Waals surface area contributed by atoms with Crippen LogP contribution in [0.2, 0.25) is 5.02 Å². The lowest BCUT2D eigenvalue weighted by Gasteiger charge is -2.03. The number of nitrogens with zero attached hydrogens (tertiary/aromatic N) is 2. The lowest BCUT2D eigenvalue weighted by Crippen LogP contribution is -1.95. The lowest BCUT2D eigenvalue weighted by molar-refractivity contribution is 0.417. The molecule has 0 aliphatic heterocycles. The lowest BCUT2D eigenvalue weighted by atomic mass is 10.1. The van der Waals surface area contributed by atoms with Crippen LogP contribution in [0.25, 0.3) is 16.9 Å². The summed E-state index contributed by atoms with van der Waals surface area (Å²) < 4.78 is 7.96. The molecule has 0 atom stereocenters. The van der Waals surface area contributed by atoms with E-state index in [1.54, 1.807) is 11.5 Å². The van der Waals surface area contributed by atoms with Crippen molar-refractivity contribution in [2.45, 2.75) is 0 Å². The van der Waals surface area contributed by atoms with Gasteiger partial charge in [-0.25, -0.2) is 4.98 Å². The van der Waals surface area contributed by atoms with Crippen LogP contribution >= 0.6 is 27.5 Å². The van der Waals surface area contributed by atoms with Gasteiger partial charge in [-0.2, -0.15) is 0 Å². The number of aromatic nitrogens is 2. The number of methoxy groups -OCH3 is 1. The molecule has 4 nitrogen and oxygen atoms in total. The number of nitrogens with two attached hydrogens (primary N) is 1. The summed E-state index contributed by atoms with van der Waals surface area (Å²) in [5, 5.41) is 0.653. The number of ether oxygens (including phenoxy) is 1. The number of halogens is 2. The quantitative estimate of drug-likeness (QED) is 0.758. The van der Waals surface area contributed by atoms with Crippen molar-refractivity contribution in [3.05, 3.63) is 46.0 Å². The van der Waals surface area contributed by atoms with Crippen molar-refractivity contribution in [2.75, 3.05) is 12.8 Å². The second-order valence-electron chi connectivity index (χ2n) is 4.24. The molecule has 0 aliphatic rings. The Bertz CT molecular complexity index is 800. The van der Waals surface area contributed by atoms with Crippen molar-refractivity contribution < 1.29 is 4.74 Å². The van der Waals surface area contributed by atoms with E-state index < -0.39 is 0 Å². The highest BCUT2D eigenvalue weighted by Gasteiger charge is 2.16. The van der Waals surface area contributed by atoms with Crippen molar-refractivity contribution in [1.29, 1.82) is 0 Å². The summed E-state index contributed by atoms with van der Waals surface area (Å²) in [6.07, 6.45) is 1.85. The van der Waals surface area contributed by atoms with Crippen LogP contribution in [0.15, 0.2) is 41.0 Å². The number of benzene rings is 1. The number of imidazole rings is 1. The molecule has 2 heterocycles. The normalized spacial score (nSPS) is 10.9. The van der Waals surface area contributed by atoms with E-state index in [4.69, 9.17) is 22.1 Å². The van der Waals surface area contributed by atoms with Crippen molar-refractivity contribution in [3.8, 4) is 17.0 Å². The molecule has 6 heteroatoms. The Morgan fingerprint density at radius 1 is 1.35 bits per heavy atom. The van der Waals surface area contributed by atoms with Gasteiger partial charge in [-0.05, 0) is 24.3 Å². The number of hydrogen-bond acceptors (Lipinski definition) is 3. The van der Waals surface area contributed by atoms with Gasteiger partial charge in [0.1, 0.15) is 11.5 Å². The van der Waals surface area contributed by atoms with Crippen molar-refractivity contribution in [3.63, 3.8) is 0 Å². The first-order valence-corrected chi connectivity index (χ1v) is 7.05. The molecule has 1 aromatic carbocycles. The Labute approximate surface area is 129 Å². The first-order valence-electron chi connectivity index (χ1n) is 5.88. The number of fused-ring (bicyclic) bond motifs is 1. The largest absolute Gasteiger partial charge is 0.493 e. The van der Waals surface area contributed by atoms with Crippen LogP contribution < -0.4 is 10.5 Å². The zero-order valence-corrected chi connectivity index (χ0v) is 12.9. The van der Waals surface area contributed by atoms with Crippen molar-refractivity contribution in [2.24, 2.45) is 0 Å². The van der Waals surface area contributed by atoms with Gasteiger partial charge >= 0.3 is 0 Å². The summed E-state index contributed by atoms with van der Waals surface area (Å²) in [4.78, 5) is 4.58. The first kappa shape index (κ1) is 13.3. The van der Waals surface area contributed by atoms with E-state index in [-0.39, 0.29) is 0 Å². The van der Waals surface area contributed by atoms with Gasteiger partial charge in [-0.15, -0.1) is 0 Å². The van der Waals surface area contributed by atoms with E-state index in [0.29, 0.717) is 27.9 Å². The maximum atomic E-state index is 6.19. The van der Waals surface area contributed by atoms with E-state index in [2.05, 4.69) is 20.9 Å². The number of pyridine rings is 1. The fourth-order valence-corrected chi connectivity index (χ4v) is 2.97. The summed E-state index contributed by atoms with van der Waals surface area (Å²) in [7, 11) is 1.61. The van der Waals surface area contributed by atoms with E-state index in [1.165, 1.54) is 0 Å². The zero-order valence-electron chi connectivity index (χ0n) is 10.6. The minimum Gasteiger partial charge on any atom is -0.493 e. The van der Waals surface area contributed by atoms with Crippen LogP contribution in [0.1, 0.15) is 0 Å². The van der Waals surface area contributed by atoms with Gasteiger partial charge in [-0.3, -0.25) is 4.40 Å². The third kappa shape index (κ3) is 2.03. The van der Waals surface area contributed by atoms with E-state index in [9.17, 15) is 0 Å². The highest BCUT2D eigenvalue weighted by Crippen LogP contribution is 2.35. The molecule has 20 heavy (non-hydrogen) atoms. The molecule has 0 bridgehead atoms. The van der Waals surface area contributed by atoms with Crippen LogP contribution in [0.5, 0.6) is 5.75 Å². The fourth-order valence-electron chi connectivity index (χ4n) is 2.10. The summed E-state index contributed by atoms with van der Waals surface area (Å²) in [5.41, 5.74) is 8.46. The van der Waals surface area contributed by atoms with E-state index in [1.807, 2.05) is 36.5 Å². The number of rotatable bonds is 2. The van der Waals surface area contributed by atoms with Crippen LogP contribution in [0.3, 0.4) is 0 Å². The Morgan fingerprint density at radius 2 is 2.15 bits per heavy atom. The molecule has 0 fully saturated rings. The molecule has 0 aliphatic carbocycles. The van der Waals surface area contributed by atoms with E-state index >= 15 is 0 Å². The van der Waals surface area contributed by atoms with Gasteiger partial charge in [-0.1, -0.05) is 33.6 Å². The molecule has 0 amide bonds. The van der Waals surface area contributed by atoms with Gasteiger partial charge in [0.25, 0.3) is 0 Å². The summed E-state index contributed by atoms with van der Waals surface area (Å²) in [6.45, 7) is 0. The Kier molecular flexibility index (Phi) is 3.31. The number of anilines is 1. The van der Waals surface area contributed by atoms with Gasteiger partial charge in [0.05, 0.1) is 7.11 Å². The standard InChI is InChI=1S/C14H11BrClN3O/c1-20-11-3-2-6-19-13(17)12(18-14(11)19)9-5-4-8(16)7-10(9)15/h2-7H,17H2,1H3. The molecule has 3 rings (SSSR count). The topological polar surface area (TPSA) is 52.5 Å². The monoisotopic (exact) mass is 351 g/mol. The Hall–Kier alpha value is -1.72. The second kappa shape index (κ2) is 5.00. The Balaban J connectivity index is 2.29. The predicted molar refractivity (Wildman–Crippen MR) is 84.3 cm³/mol. The zero-order chi connectivity index (χ0) is 14.3. The first-order chi connectivity index (χ1) is 9.61. The molecule has 0 radical (unpaired) electrons. The van der Waals surface area contributed by atoms with Gasteiger partial charge in [0.15, 0.2) is 11.4 Å². The third-order valence-electron chi connectivity index (χ3n) is 3.06. The van der Waals surface area contributed by atoms with E-state index in [0.717, 1.165) is 10.0 Å². The molecule has 0 spiro atoms. The maximum Gasteiger partial charge on any atom is 0.181 e. The van der Waals surface area contributed by atoms with Crippen LogP contribution in [0.4, 0.5) is 5.82 Å². The molecular formula is C14H11BrClN3O. The average molecular weight is 353 g/mol. The molecule has 0 unspecified atom stereocenters. The SMILES string of the molecule is COc1cccn2c(N)c(-c3ccc(Cl)cc3Br)nc12. The van der Waals surface area contributed by atoms with Crippen LogP contribution in [0, 0.1) is 0 Å². The average Bonchev–Trinajstić information content (AvgIpc) is 2.76. The summed E-state index contributed by atoms with van der Waals surface area (Å²) >= 11 is 9.45. The molecule has 0 saturated heterocycles. The third-order valence-corrected chi connectivity index (χ3v) is 3.95. The second-order valence-corrected chi connectivity index (χ2v) is 5.53. The maximum absolute atomic E-state index is 6.19.